The number of aromatic nitrogens is 1. The van der Waals surface area contributed by atoms with Gasteiger partial charge in [0.2, 0.25) is 0 Å². The van der Waals surface area contributed by atoms with E-state index >= 15 is 0 Å². The minimum atomic E-state index is -0.659. The third-order valence-electron chi connectivity index (χ3n) is 2.69. The lowest BCUT2D eigenvalue weighted by atomic mass is 10.2. The summed E-state index contributed by atoms with van der Waals surface area (Å²) in [5.41, 5.74) is 2.14. The molecule has 0 aliphatic heterocycles. The Balaban J connectivity index is 3.18. The first-order chi connectivity index (χ1) is 11.0. The molecule has 0 aliphatic rings. The monoisotopic (exact) mass is 357 g/mol. The van der Waals surface area contributed by atoms with E-state index in [4.69, 9.17) is 21.1 Å². The third kappa shape index (κ3) is 5.88. The lowest BCUT2D eigenvalue weighted by Crippen LogP contribution is -2.49. The molecule has 1 heterocycles. The molecular weight excluding hydrogens is 334 g/mol. The Kier molecular flexibility index (Phi) is 6.83. The van der Waals surface area contributed by atoms with Crippen LogP contribution in [0.5, 0.6) is 0 Å². The number of carbonyl (C=O) groups is 2. The third-order valence-corrected chi connectivity index (χ3v) is 2.90. The maximum Gasteiger partial charge on any atom is 0.426 e. The number of amides is 1. The van der Waals surface area contributed by atoms with E-state index in [1.165, 1.54) is 17.1 Å². The number of ether oxygens (including phenoxy) is 2. The van der Waals surface area contributed by atoms with Crippen LogP contribution >= 0.6 is 11.6 Å². The Bertz CT molecular complexity index is 599. The van der Waals surface area contributed by atoms with E-state index in [1.54, 1.807) is 27.7 Å². The van der Waals surface area contributed by atoms with E-state index in [1.807, 2.05) is 13.8 Å². The highest BCUT2D eigenvalue weighted by atomic mass is 35.5. The van der Waals surface area contributed by atoms with Crippen molar-refractivity contribution in [3.05, 3.63) is 22.8 Å². The van der Waals surface area contributed by atoms with E-state index in [9.17, 15) is 9.59 Å². The topological polar surface area (TPSA) is 80.8 Å². The van der Waals surface area contributed by atoms with Crippen molar-refractivity contribution in [2.24, 2.45) is 0 Å². The Hall–Kier alpha value is -2.02. The molecule has 0 saturated heterocycles. The van der Waals surface area contributed by atoms with E-state index in [-0.39, 0.29) is 29.2 Å². The summed E-state index contributed by atoms with van der Waals surface area (Å²) in [5, 5.41) is 1.61. The number of anilines is 1. The van der Waals surface area contributed by atoms with Crippen LogP contribution in [0.1, 0.15) is 51.9 Å². The number of hydrogen-bond acceptors (Lipinski definition) is 6. The minimum absolute atomic E-state index is 0.190. The predicted octanol–water partition coefficient (Wildman–Crippen LogP) is 3.57. The van der Waals surface area contributed by atoms with Crippen molar-refractivity contribution in [3.63, 3.8) is 0 Å². The Morgan fingerprint density at radius 1 is 1.33 bits per heavy atom. The molecule has 1 aromatic rings. The number of carbonyl (C=O) groups excluding carboxylic acids is 2. The Labute approximate surface area is 147 Å². The molecule has 1 amide bonds. The second-order valence-electron chi connectivity index (χ2n) is 6.30. The lowest BCUT2D eigenvalue weighted by molar-refractivity contribution is 0.0499. The van der Waals surface area contributed by atoms with Gasteiger partial charge in [-0.1, -0.05) is 11.6 Å². The van der Waals surface area contributed by atoms with Crippen LogP contribution < -0.4 is 10.4 Å². The Morgan fingerprint density at radius 2 is 1.96 bits per heavy atom. The first kappa shape index (κ1) is 20.0. The van der Waals surface area contributed by atoms with Gasteiger partial charge >= 0.3 is 12.1 Å². The molecule has 1 rings (SSSR count). The molecule has 0 fully saturated rings. The number of hydrazine groups is 1. The quantitative estimate of drug-likeness (QED) is 0.493. The van der Waals surface area contributed by atoms with Crippen LogP contribution in [0, 0.1) is 0 Å². The van der Waals surface area contributed by atoms with Crippen molar-refractivity contribution in [2.75, 3.05) is 11.6 Å². The molecule has 0 aromatic carbocycles. The molecule has 0 saturated carbocycles. The van der Waals surface area contributed by atoms with Gasteiger partial charge in [0.05, 0.1) is 6.61 Å². The number of pyridine rings is 1. The van der Waals surface area contributed by atoms with Gasteiger partial charge in [0, 0.05) is 6.04 Å². The predicted molar refractivity (Wildman–Crippen MR) is 92.2 cm³/mol. The molecule has 0 spiro atoms. The van der Waals surface area contributed by atoms with Gasteiger partial charge in [0.25, 0.3) is 0 Å². The van der Waals surface area contributed by atoms with Gasteiger partial charge < -0.3 is 9.47 Å². The first-order valence-electron chi connectivity index (χ1n) is 7.67. The van der Waals surface area contributed by atoms with E-state index in [2.05, 4.69) is 10.4 Å². The van der Waals surface area contributed by atoms with E-state index < -0.39 is 17.7 Å². The fraction of sp³-hybridized carbons (Fsp3) is 0.562. The highest BCUT2D eigenvalue weighted by Crippen LogP contribution is 2.23. The van der Waals surface area contributed by atoms with Crippen molar-refractivity contribution >= 4 is 29.5 Å². The summed E-state index contributed by atoms with van der Waals surface area (Å²) >= 11 is 5.96. The van der Waals surface area contributed by atoms with Gasteiger partial charge in [0.15, 0.2) is 5.82 Å². The van der Waals surface area contributed by atoms with Gasteiger partial charge in [-0.3, -0.25) is 5.01 Å². The standard InChI is InChI=1S/C16H24ClN3O4/c1-7-23-14(21)11-8-9-12(17)18-13(11)20(10(2)3)19-15(22)24-16(4,5)6/h8-10H,7H2,1-6H3,(H,19,22). The summed E-state index contributed by atoms with van der Waals surface area (Å²) < 4.78 is 10.3. The normalized spacial score (nSPS) is 11.2. The molecule has 7 nitrogen and oxygen atoms in total. The maximum atomic E-state index is 12.1. The van der Waals surface area contributed by atoms with Gasteiger partial charge in [-0.25, -0.2) is 20.0 Å². The number of hydrogen-bond donors (Lipinski definition) is 1. The molecular formula is C16H24ClN3O4. The molecule has 134 valence electrons. The zero-order valence-electron chi connectivity index (χ0n) is 14.8. The fourth-order valence-electron chi connectivity index (χ4n) is 1.80. The van der Waals surface area contributed by atoms with Crippen LogP contribution in [0.4, 0.5) is 10.6 Å². The molecule has 1 N–H and O–H groups in total. The molecule has 0 aliphatic carbocycles. The van der Waals surface area contributed by atoms with Gasteiger partial charge in [0.1, 0.15) is 16.3 Å². The lowest BCUT2D eigenvalue weighted by Gasteiger charge is -2.30. The molecule has 0 atom stereocenters. The van der Waals surface area contributed by atoms with Crippen molar-refractivity contribution in [3.8, 4) is 0 Å². The van der Waals surface area contributed by atoms with E-state index in [0.29, 0.717) is 0 Å². The zero-order chi connectivity index (χ0) is 18.5. The summed E-state index contributed by atoms with van der Waals surface area (Å²) in [4.78, 5) is 28.4. The van der Waals surface area contributed by atoms with Gasteiger partial charge in [-0.15, -0.1) is 0 Å². The van der Waals surface area contributed by atoms with Crippen molar-refractivity contribution in [1.82, 2.24) is 10.4 Å². The fourth-order valence-corrected chi connectivity index (χ4v) is 1.95. The van der Waals surface area contributed by atoms with Gasteiger partial charge in [-0.05, 0) is 53.7 Å². The summed E-state index contributed by atoms with van der Waals surface area (Å²) in [6.45, 7) is 10.9. The first-order valence-corrected chi connectivity index (χ1v) is 8.05. The highest BCUT2D eigenvalue weighted by molar-refractivity contribution is 6.29. The largest absolute Gasteiger partial charge is 0.462 e. The highest BCUT2D eigenvalue weighted by Gasteiger charge is 2.25. The van der Waals surface area contributed by atoms with Gasteiger partial charge in [-0.2, -0.15) is 0 Å². The van der Waals surface area contributed by atoms with Crippen LogP contribution in [0.3, 0.4) is 0 Å². The number of nitrogens with one attached hydrogen (secondary N) is 1. The average Bonchev–Trinajstić information content (AvgIpc) is 2.42. The number of rotatable bonds is 5. The smallest absolute Gasteiger partial charge is 0.426 e. The number of esters is 1. The van der Waals surface area contributed by atoms with Crippen molar-refractivity contribution in [2.45, 2.75) is 53.2 Å². The van der Waals surface area contributed by atoms with Crippen LogP contribution in [0.25, 0.3) is 0 Å². The molecule has 0 unspecified atom stereocenters. The van der Waals surface area contributed by atoms with Crippen LogP contribution in [-0.2, 0) is 9.47 Å². The van der Waals surface area contributed by atoms with Crippen molar-refractivity contribution < 1.29 is 19.1 Å². The second-order valence-corrected chi connectivity index (χ2v) is 6.69. The average molecular weight is 358 g/mol. The maximum absolute atomic E-state index is 12.1. The minimum Gasteiger partial charge on any atom is -0.462 e. The summed E-state index contributed by atoms with van der Waals surface area (Å²) in [6, 6.07) is 2.79. The van der Waals surface area contributed by atoms with Crippen molar-refractivity contribution in [1.29, 1.82) is 0 Å². The van der Waals surface area contributed by atoms with Crippen LogP contribution in [0.15, 0.2) is 12.1 Å². The second kappa shape index (κ2) is 8.19. The van der Waals surface area contributed by atoms with Crippen LogP contribution in [-0.4, -0.2) is 35.3 Å². The zero-order valence-corrected chi connectivity index (χ0v) is 15.6. The summed E-state index contributed by atoms with van der Waals surface area (Å²) in [7, 11) is 0. The molecule has 1 aromatic heterocycles. The van der Waals surface area contributed by atoms with E-state index in [0.717, 1.165) is 0 Å². The molecule has 8 heteroatoms. The number of nitrogens with zero attached hydrogens (tertiary/aromatic N) is 2. The molecule has 0 radical (unpaired) electrons. The SMILES string of the molecule is CCOC(=O)c1ccc(Cl)nc1N(NC(=O)OC(C)(C)C)C(C)C. The summed E-state index contributed by atoms with van der Waals surface area (Å²) in [6.07, 6.45) is -0.659. The molecule has 24 heavy (non-hydrogen) atoms. The Morgan fingerprint density at radius 3 is 2.46 bits per heavy atom. The summed E-state index contributed by atoms with van der Waals surface area (Å²) in [5.74, 6) is -0.352. The molecule has 0 bridgehead atoms. The van der Waals surface area contributed by atoms with Crippen LogP contribution in [0.2, 0.25) is 5.15 Å². The number of halogens is 1.